The highest BCUT2D eigenvalue weighted by molar-refractivity contribution is 7.85. The fourth-order valence-electron chi connectivity index (χ4n) is 7.17. The number of amidine groups is 1. The number of hydroxylamine groups is 2. The number of nitrogens with two attached hydrogens (primary N) is 1. The second kappa shape index (κ2) is 41.7. The van der Waals surface area contributed by atoms with E-state index in [1.165, 1.54) is 5.06 Å². The van der Waals surface area contributed by atoms with Gasteiger partial charge in [0.1, 0.15) is 11.7 Å². The second-order valence-corrected chi connectivity index (χ2v) is 19.3. The third-order valence-corrected chi connectivity index (χ3v) is 12.2. The summed E-state index contributed by atoms with van der Waals surface area (Å²) in [5.41, 5.74) is 9.46. The number of urea groups is 1. The Labute approximate surface area is 495 Å². The number of carbonyl (C=O) groups is 4. The van der Waals surface area contributed by atoms with Crippen LogP contribution >= 0.6 is 0 Å². The first kappa shape index (κ1) is 72.1. The lowest BCUT2D eigenvalue weighted by molar-refractivity contribution is -0.181. The van der Waals surface area contributed by atoms with Crippen LogP contribution in [0.25, 0.3) is 17.2 Å². The van der Waals surface area contributed by atoms with Crippen LogP contribution in [-0.2, 0) is 83.3 Å². The van der Waals surface area contributed by atoms with Gasteiger partial charge in [-0.1, -0.05) is 19.1 Å². The van der Waals surface area contributed by atoms with Crippen molar-refractivity contribution in [3.63, 3.8) is 0 Å². The number of fused-ring (bicyclic) bond motifs is 1. The highest BCUT2D eigenvalue weighted by Crippen LogP contribution is 2.34. The zero-order valence-electron chi connectivity index (χ0n) is 48.1. The lowest BCUT2D eigenvalue weighted by Crippen LogP contribution is -2.40. The standard InChI is InChI=1S/C54H76F4N8O19S/c1-3-10-66(84-13-9-61-54(70)60-4-2)53(69)40-32-39-6-5-38(33-42(39)65-43(59)34-40)41-35-62-44(63-36-41)37-64-45(67)7-11-74-14-16-76-18-20-78-22-24-80-26-28-82-30-31-83-29-27-81-25-23-79-21-19-77-17-15-75-12-8-46(68)85-51-47(55)49(57)52(86(71,72)73)50(58)48(51)56/h5-6,32-33,35-36H,3-4,7-31,34,37H2,1-2H3,(H2,59,65)(H,64,67)(H2,60,61,70)(H,71,72,73). The molecular formula is C54H76F4N8O19S. The van der Waals surface area contributed by atoms with Crippen molar-refractivity contribution >= 4 is 51.5 Å². The van der Waals surface area contributed by atoms with E-state index in [9.17, 15) is 45.2 Å². The monoisotopic (exact) mass is 1250 g/mol. The molecule has 2 heterocycles. The summed E-state index contributed by atoms with van der Waals surface area (Å²) in [6, 6.07) is 5.24. The number of aromatic nitrogens is 2. The first-order valence-corrected chi connectivity index (χ1v) is 29.0. The van der Waals surface area contributed by atoms with Crippen LogP contribution in [0.15, 0.2) is 46.1 Å². The van der Waals surface area contributed by atoms with E-state index in [4.69, 9.17) is 62.5 Å². The van der Waals surface area contributed by atoms with Gasteiger partial charge in [0.2, 0.25) is 23.3 Å². The highest BCUT2D eigenvalue weighted by Gasteiger charge is 2.34. The molecule has 32 heteroatoms. The normalized spacial score (nSPS) is 12.3. The van der Waals surface area contributed by atoms with Crippen molar-refractivity contribution in [1.29, 1.82) is 0 Å². The number of nitrogens with one attached hydrogen (secondary N) is 3. The van der Waals surface area contributed by atoms with E-state index in [1.807, 2.05) is 32.0 Å². The average Bonchev–Trinajstić information content (AvgIpc) is 3.55. The van der Waals surface area contributed by atoms with Crippen molar-refractivity contribution in [3.05, 3.63) is 70.8 Å². The number of nitrogens with zero attached hydrogens (tertiary/aromatic N) is 4. The van der Waals surface area contributed by atoms with Crippen molar-refractivity contribution in [1.82, 2.24) is 31.0 Å². The molecule has 1 aliphatic rings. The molecule has 0 atom stereocenters. The van der Waals surface area contributed by atoms with Crippen molar-refractivity contribution in [2.75, 3.05) is 158 Å². The van der Waals surface area contributed by atoms with E-state index < -0.39 is 56.4 Å². The number of rotatable bonds is 46. The maximum absolute atomic E-state index is 14.0. The molecule has 27 nitrogen and oxygen atoms in total. The molecule has 1 aromatic heterocycles. The quantitative estimate of drug-likeness (QED) is 0.0103. The molecule has 0 bridgehead atoms. The molecule has 0 saturated carbocycles. The minimum absolute atomic E-state index is 0.0126. The third-order valence-electron chi connectivity index (χ3n) is 11.3. The number of carbonyl (C=O) groups excluding carboxylic acids is 4. The van der Waals surface area contributed by atoms with E-state index in [0.29, 0.717) is 135 Å². The van der Waals surface area contributed by atoms with Crippen molar-refractivity contribution in [3.8, 4) is 16.9 Å². The zero-order valence-corrected chi connectivity index (χ0v) is 48.9. The first-order chi connectivity index (χ1) is 41.5. The molecule has 0 saturated heterocycles. The van der Waals surface area contributed by atoms with Crippen LogP contribution in [0.3, 0.4) is 0 Å². The van der Waals surface area contributed by atoms with Gasteiger partial charge in [-0.2, -0.15) is 17.2 Å². The Balaban J connectivity index is 0.882. The maximum atomic E-state index is 14.0. The molecular weight excluding hydrogens is 1170 g/mol. The molecule has 4 rings (SSSR count). The number of ether oxygens (including phenoxy) is 11. The molecule has 0 unspecified atom stereocenters. The van der Waals surface area contributed by atoms with Crippen LogP contribution in [-0.4, -0.2) is 216 Å². The van der Waals surface area contributed by atoms with Gasteiger partial charge in [0.05, 0.1) is 157 Å². The van der Waals surface area contributed by atoms with Crippen molar-refractivity contribution in [2.45, 2.75) is 51.0 Å². The lowest BCUT2D eigenvalue weighted by Gasteiger charge is -2.22. The number of halogens is 4. The van der Waals surface area contributed by atoms with Gasteiger partial charge in [0.25, 0.3) is 5.91 Å². The van der Waals surface area contributed by atoms with Gasteiger partial charge in [0.15, 0.2) is 16.5 Å². The van der Waals surface area contributed by atoms with Gasteiger partial charge < -0.3 is 73.8 Å². The molecule has 4 amide bonds. The number of amides is 4. The molecule has 1 aliphatic heterocycles. The Hall–Kier alpha value is -6.40. The molecule has 3 aromatic rings. The molecule has 480 valence electrons. The Bertz CT molecular complexity index is 2710. The van der Waals surface area contributed by atoms with Gasteiger partial charge in [-0.05, 0) is 31.1 Å². The topological polar surface area (TPSA) is 337 Å². The summed E-state index contributed by atoms with van der Waals surface area (Å²) in [6.07, 6.45) is 5.40. The summed E-state index contributed by atoms with van der Waals surface area (Å²) in [4.78, 5) is 66.4. The summed E-state index contributed by atoms with van der Waals surface area (Å²) in [5.74, 6) is -12.6. The zero-order chi connectivity index (χ0) is 62.4. The molecule has 6 N–H and O–H groups in total. The summed E-state index contributed by atoms with van der Waals surface area (Å²) in [7, 11) is -5.65. The molecule has 86 heavy (non-hydrogen) atoms. The van der Waals surface area contributed by atoms with Crippen molar-refractivity contribution in [2.24, 2.45) is 10.7 Å². The van der Waals surface area contributed by atoms with Gasteiger partial charge in [0, 0.05) is 61.6 Å². The number of hydrogen-bond acceptors (Lipinski definition) is 22. The van der Waals surface area contributed by atoms with Crippen LogP contribution in [0.2, 0.25) is 0 Å². The van der Waals surface area contributed by atoms with Crippen LogP contribution < -0.4 is 26.4 Å². The number of esters is 1. The van der Waals surface area contributed by atoms with E-state index in [0.717, 1.165) is 11.1 Å². The first-order valence-electron chi connectivity index (χ1n) is 27.6. The lowest BCUT2D eigenvalue weighted by atomic mass is 10.0. The van der Waals surface area contributed by atoms with E-state index in [2.05, 4.69) is 35.6 Å². The molecule has 2 aromatic carbocycles. The Morgan fingerprint density at radius 3 is 1.57 bits per heavy atom. The third kappa shape index (κ3) is 28.0. The average molecular weight is 1250 g/mol. The fourth-order valence-corrected chi connectivity index (χ4v) is 7.81. The van der Waals surface area contributed by atoms with Gasteiger partial charge in [-0.3, -0.25) is 23.8 Å². The van der Waals surface area contributed by atoms with Crippen LogP contribution in [0.4, 0.5) is 28.0 Å². The number of benzene rings is 2. The molecule has 0 aliphatic carbocycles. The number of aliphatic imine (C=N–C) groups is 1. The molecule has 0 spiro atoms. The highest BCUT2D eigenvalue weighted by atomic mass is 32.2. The predicted octanol–water partition coefficient (Wildman–Crippen LogP) is 3.38. The second-order valence-electron chi connectivity index (χ2n) is 17.9. The largest absolute Gasteiger partial charge is 0.420 e. The van der Waals surface area contributed by atoms with Gasteiger partial charge in [-0.15, -0.1) is 0 Å². The van der Waals surface area contributed by atoms with E-state index >= 15 is 0 Å². The van der Waals surface area contributed by atoms with Crippen LogP contribution in [0, 0.1) is 23.3 Å². The number of hydrogen-bond donors (Lipinski definition) is 5. The summed E-state index contributed by atoms with van der Waals surface area (Å²) < 4.78 is 145. The Morgan fingerprint density at radius 2 is 1.10 bits per heavy atom. The minimum atomic E-state index is -5.65. The minimum Gasteiger partial charge on any atom is -0.420 e. The van der Waals surface area contributed by atoms with Gasteiger partial charge >= 0.3 is 22.1 Å². The predicted molar refractivity (Wildman–Crippen MR) is 297 cm³/mol. The SMILES string of the molecule is CCCN(OCCNC(=O)NCC)C(=O)C1=Cc2ccc(-c3cnc(CNC(=O)CCOCCOCCOCCOCCOCCOCCOCCOCCOCCOCCC(=O)Oc4c(F)c(F)c(S(=O)(=O)O)c(F)c4F)nc3)cc2N=C(N)C1. The Morgan fingerprint density at radius 1 is 0.628 bits per heavy atom. The van der Waals surface area contributed by atoms with Crippen LogP contribution in [0.5, 0.6) is 5.75 Å². The van der Waals surface area contributed by atoms with Crippen LogP contribution in [0.1, 0.15) is 50.9 Å². The van der Waals surface area contributed by atoms with E-state index in [-0.39, 0.29) is 95.9 Å². The molecule has 0 fully saturated rings. The smallest absolute Gasteiger partial charge is 0.314 e. The van der Waals surface area contributed by atoms with Gasteiger partial charge in [-0.25, -0.2) is 33.6 Å². The fraction of sp³-hybridized carbons (Fsp3) is 0.574. The summed E-state index contributed by atoms with van der Waals surface area (Å²) >= 11 is 0. The van der Waals surface area contributed by atoms with Crippen molar-refractivity contribution < 1.29 is 107 Å². The summed E-state index contributed by atoms with van der Waals surface area (Å²) in [5, 5.41) is 9.39. The molecule has 0 radical (unpaired) electrons. The van der Waals surface area contributed by atoms with E-state index in [1.54, 1.807) is 18.5 Å². The summed E-state index contributed by atoms with van der Waals surface area (Å²) in [6.45, 7) is 10.6. The Kier molecular flexibility index (Phi) is 34.9. The maximum Gasteiger partial charge on any atom is 0.314 e.